The Balaban J connectivity index is 1.55. The fourth-order valence-corrected chi connectivity index (χ4v) is 3.43. The molecule has 5 rings (SSSR count). The van der Waals surface area contributed by atoms with Crippen LogP contribution in [0.15, 0.2) is 66.0 Å². The first kappa shape index (κ1) is 14.8. The van der Waals surface area contributed by atoms with E-state index in [1.165, 1.54) is 0 Å². The summed E-state index contributed by atoms with van der Waals surface area (Å²) >= 11 is 0. The summed E-state index contributed by atoms with van der Waals surface area (Å²) in [5.41, 5.74) is 5.55. The second-order valence-electron chi connectivity index (χ2n) is 6.30. The minimum atomic E-state index is -0.449. The van der Waals surface area contributed by atoms with Crippen molar-refractivity contribution in [2.45, 2.75) is 12.5 Å². The quantitative estimate of drug-likeness (QED) is 0.750. The highest BCUT2D eigenvalue weighted by molar-refractivity contribution is 6.22. The van der Waals surface area contributed by atoms with Crippen LogP contribution in [0.1, 0.15) is 17.0 Å². The summed E-state index contributed by atoms with van der Waals surface area (Å²) in [6.07, 6.45) is 5.02. The predicted octanol–water partition coefficient (Wildman–Crippen LogP) is 3.20. The molecule has 3 aromatic rings. The van der Waals surface area contributed by atoms with Gasteiger partial charge in [0.2, 0.25) is 5.91 Å². The Morgan fingerprint density at radius 2 is 1.92 bits per heavy atom. The largest absolute Gasteiger partial charge is 0.343 e. The molecule has 0 spiro atoms. The van der Waals surface area contributed by atoms with Gasteiger partial charge in [-0.3, -0.25) is 19.8 Å². The van der Waals surface area contributed by atoms with Gasteiger partial charge in [-0.2, -0.15) is 0 Å². The molecule has 1 aromatic heterocycles. The van der Waals surface area contributed by atoms with E-state index in [4.69, 9.17) is 0 Å². The lowest BCUT2D eigenvalue weighted by molar-refractivity contribution is -0.115. The lowest BCUT2D eigenvalue weighted by Crippen LogP contribution is -2.29. The number of carbonyl (C=O) groups is 1. The maximum absolute atomic E-state index is 12.6. The predicted molar refractivity (Wildman–Crippen MR) is 100 cm³/mol. The normalized spacial score (nSPS) is 17.6. The Labute approximate surface area is 150 Å². The summed E-state index contributed by atoms with van der Waals surface area (Å²) in [4.78, 5) is 25.7. The molecule has 6 nitrogen and oxygen atoms in total. The van der Waals surface area contributed by atoms with Gasteiger partial charge in [0.1, 0.15) is 11.8 Å². The van der Waals surface area contributed by atoms with Crippen LogP contribution in [-0.4, -0.2) is 21.7 Å². The van der Waals surface area contributed by atoms with Crippen LogP contribution in [0.3, 0.4) is 0 Å². The van der Waals surface area contributed by atoms with Gasteiger partial charge < -0.3 is 10.6 Å². The first-order chi connectivity index (χ1) is 12.8. The average molecular weight is 341 g/mol. The van der Waals surface area contributed by atoms with E-state index in [0.29, 0.717) is 12.4 Å². The zero-order chi connectivity index (χ0) is 17.5. The number of hydrogen-bond acceptors (Lipinski definition) is 5. The van der Waals surface area contributed by atoms with E-state index in [1.54, 1.807) is 18.6 Å². The number of nitrogens with one attached hydrogen (secondary N) is 2. The van der Waals surface area contributed by atoms with Crippen LogP contribution in [0.2, 0.25) is 0 Å². The Morgan fingerprint density at radius 3 is 2.81 bits per heavy atom. The topological polar surface area (TPSA) is 79.3 Å². The number of hydrogen-bond donors (Lipinski definition) is 2. The summed E-state index contributed by atoms with van der Waals surface area (Å²) in [5, 5.41) is 6.28. The van der Waals surface area contributed by atoms with Gasteiger partial charge in [-0.15, -0.1) is 0 Å². The molecule has 0 aliphatic carbocycles. The van der Waals surface area contributed by atoms with Crippen LogP contribution < -0.4 is 10.6 Å². The average Bonchev–Trinajstić information content (AvgIpc) is 3.03. The number of fused-ring (bicyclic) bond motifs is 2. The lowest BCUT2D eigenvalue weighted by Gasteiger charge is -2.21. The fraction of sp³-hybridized carbons (Fsp3) is 0.100. The van der Waals surface area contributed by atoms with Gasteiger partial charge in [0.05, 0.1) is 18.4 Å². The van der Waals surface area contributed by atoms with E-state index in [2.05, 4.69) is 25.6 Å². The summed E-state index contributed by atoms with van der Waals surface area (Å²) in [7, 11) is 0. The van der Waals surface area contributed by atoms with Gasteiger partial charge in [-0.1, -0.05) is 24.3 Å². The Kier molecular flexibility index (Phi) is 3.28. The number of amidine groups is 1. The van der Waals surface area contributed by atoms with Crippen LogP contribution in [-0.2, 0) is 11.3 Å². The molecule has 2 aliphatic heterocycles. The number of benzene rings is 2. The highest BCUT2D eigenvalue weighted by atomic mass is 16.2. The van der Waals surface area contributed by atoms with Crippen LogP contribution in [0.25, 0.3) is 11.3 Å². The molecule has 1 atom stereocenters. The summed E-state index contributed by atoms with van der Waals surface area (Å²) in [6.45, 7) is 0.571. The Bertz CT molecular complexity index is 1050. The zero-order valence-electron chi connectivity index (χ0n) is 13.8. The molecule has 0 fully saturated rings. The van der Waals surface area contributed by atoms with Crippen molar-refractivity contribution in [1.82, 2.24) is 9.97 Å². The number of rotatable bonds is 2. The van der Waals surface area contributed by atoms with E-state index in [0.717, 1.165) is 33.8 Å². The minimum Gasteiger partial charge on any atom is -0.343 e. The molecule has 2 aromatic carbocycles. The molecule has 2 aliphatic rings. The second-order valence-corrected chi connectivity index (χ2v) is 6.30. The van der Waals surface area contributed by atoms with Crippen LogP contribution in [0.4, 0.5) is 11.4 Å². The third kappa shape index (κ3) is 2.35. The molecule has 0 bridgehead atoms. The van der Waals surface area contributed by atoms with Crippen LogP contribution >= 0.6 is 0 Å². The van der Waals surface area contributed by atoms with E-state index in [-0.39, 0.29) is 5.91 Å². The molecule has 3 heterocycles. The molecule has 0 saturated heterocycles. The monoisotopic (exact) mass is 341 g/mol. The minimum absolute atomic E-state index is 0.0677. The highest BCUT2D eigenvalue weighted by Gasteiger charge is 2.36. The third-order valence-corrected chi connectivity index (χ3v) is 4.71. The third-order valence-electron chi connectivity index (χ3n) is 4.71. The molecule has 1 amide bonds. The van der Waals surface area contributed by atoms with Gasteiger partial charge in [0.15, 0.2) is 0 Å². The number of aromatic nitrogens is 2. The zero-order valence-corrected chi connectivity index (χ0v) is 13.8. The number of carbonyl (C=O) groups excluding carboxylic acids is 1. The maximum Gasteiger partial charge on any atom is 0.239 e. The molecular weight excluding hydrogens is 326 g/mol. The van der Waals surface area contributed by atoms with Crippen molar-refractivity contribution in [1.29, 1.82) is 0 Å². The smallest absolute Gasteiger partial charge is 0.239 e. The number of para-hydroxylation sites is 1. The Morgan fingerprint density at radius 1 is 1.00 bits per heavy atom. The Hall–Kier alpha value is -3.54. The van der Waals surface area contributed by atoms with Gasteiger partial charge in [0.25, 0.3) is 0 Å². The number of nitrogens with zero attached hydrogens (tertiary/aromatic N) is 3. The number of anilines is 2. The molecule has 126 valence electrons. The van der Waals surface area contributed by atoms with Crippen molar-refractivity contribution in [2.75, 3.05) is 10.6 Å². The van der Waals surface area contributed by atoms with E-state index in [1.807, 2.05) is 42.5 Å². The second kappa shape index (κ2) is 5.77. The fourth-order valence-electron chi connectivity index (χ4n) is 3.43. The van der Waals surface area contributed by atoms with Crippen molar-refractivity contribution in [3.8, 4) is 11.3 Å². The first-order valence-electron chi connectivity index (χ1n) is 8.40. The van der Waals surface area contributed by atoms with Gasteiger partial charge in [0, 0.05) is 29.3 Å². The highest BCUT2D eigenvalue weighted by Crippen LogP contribution is 2.37. The van der Waals surface area contributed by atoms with Gasteiger partial charge >= 0.3 is 0 Å². The van der Waals surface area contributed by atoms with Crippen molar-refractivity contribution >= 4 is 23.1 Å². The summed E-state index contributed by atoms with van der Waals surface area (Å²) in [5.74, 6) is 0.160. The standard InChI is InChI=1S/C20H15N5O/c26-20-18(19-23-10-13-3-1-2-4-15(13)24-19)14-9-12(5-6-16(14)25-20)17-11-21-7-8-22-17/h1-9,11,18H,10H2,(H,23,24)(H,25,26). The van der Waals surface area contributed by atoms with Crippen LogP contribution in [0, 0.1) is 0 Å². The molecule has 0 radical (unpaired) electrons. The SMILES string of the molecule is O=C1Nc2ccc(-c3cnccn3)cc2C1C1=NCc2ccccc2N1. The lowest BCUT2D eigenvalue weighted by atomic mass is 9.95. The van der Waals surface area contributed by atoms with E-state index in [9.17, 15) is 4.79 Å². The van der Waals surface area contributed by atoms with Crippen molar-refractivity contribution in [3.63, 3.8) is 0 Å². The number of aliphatic imine (C=N–C) groups is 1. The number of amides is 1. The molecule has 1 unspecified atom stereocenters. The van der Waals surface area contributed by atoms with E-state index < -0.39 is 5.92 Å². The molecule has 0 saturated carbocycles. The molecule has 6 heteroatoms. The molecular formula is C20H15N5O. The molecule has 26 heavy (non-hydrogen) atoms. The van der Waals surface area contributed by atoms with Crippen LogP contribution in [0.5, 0.6) is 0 Å². The van der Waals surface area contributed by atoms with Crippen molar-refractivity contribution < 1.29 is 4.79 Å². The van der Waals surface area contributed by atoms with E-state index >= 15 is 0 Å². The summed E-state index contributed by atoms with van der Waals surface area (Å²) < 4.78 is 0. The summed E-state index contributed by atoms with van der Waals surface area (Å²) in [6, 6.07) is 13.9. The van der Waals surface area contributed by atoms with Crippen molar-refractivity contribution in [3.05, 3.63) is 72.2 Å². The molecule has 2 N–H and O–H groups in total. The maximum atomic E-state index is 12.6. The van der Waals surface area contributed by atoms with Gasteiger partial charge in [-0.05, 0) is 29.3 Å². The van der Waals surface area contributed by atoms with Crippen molar-refractivity contribution in [2.24, 2.45) is 4.99 Å². The first-order valence-corrected chi connectivity index (χ1v) is 8.40. The van der Waals surface area contributed by atoms with Gasteiger partial charge in [-0.25, -0.2) is 0 Å².